The molecule has 1 saturated heterocycles. The van der Waals surface area contributed by atoms with Crippen molar-refractivity contribution in [1.29, 1.82) is 5.26 Å². The molecular weight excluding hydrogens is 230 g/mol. The molecule has 1 aliphatic heterocycles. The van der Waals surface area contributed by atoms with Crippen LogP contribution in [0.4, 0.5) is 11.5 Å². The molecule has 18 heavy (non-hydrogen) atoms. The molecule has 1 fully saturated rings. The summed E-state index contributed by atoms with van der Waals surface area (Å²) in [5.41, 5.74) is 6.52. The van der Waals surface area contributed by atoms with Gasteiger partial charge >= 0.3 is 0 Å². The molecule has 0 bridgehead atoms. The third kappa shape index (κ3) is 2.69. The van der Waals surface area contributed by atoms with Gasteiger partial charge in [-0.2, -0.15) is 5.26 Å². The van der Waals surface area contributed by atoms with Crippen molar-refractivity contribution < 1.29 is 4.79 Å². The van der Waals surface area contributed by atoms with E-state index in [4.69, 9.17) is 11.0 Å². The average Bonchev–Trinajstić information content (AvgIpc) is 2.90. The number of nitrogens with two attached hydrogens (primary N) is 1. The number of pyridine rings is 1. The van der Waals surface area contributed by atoms with E-state index in [1.807, 2.05) is 11.0 Å². The van der Waals surface area contributed by atoms with Gasteiger partial charge in [0.1, 0.15) is 11.9 Å². The maximum Gasteiger partial charge on any atom is 0.241 e. The zero-order valence-corrected chi connectivity index (χ0v) is 10.0. The summed E-state index contributed by atoms with van der Waals surface area (Å²) in [7, 11) is 0. The topological polar surface area (TPSA) is 95.0 Å². The predicted octanol–water partition coefficient (Wildman–Crippen LogP) is 0.570. The molecule has 3 N–H and O–H groups in total. The summed E-state index contributed by atoms with van der Waals surface area (Å²) in [6, 6.07) is 3.50. The number of anilines is 2. The largest absolute Gasteiger partial charge is 0.396 e. The molecule has 2 heterocycles. The van der Waals surface area contributed by atoms with Crippen molar-refractivity contribution in [2.24, 2.45) is 0 Å². The van der Waals surface area contributed by atoms with E-state index >= 15 is 0 Å². The monoisotopic (exact) mass is 245 g/mol. The lowest BCUT2D eigenvalue weighted by Gasteiger charge is -2.16. The molecule has 6 nitrogen and oxygen atoms in total. The number of nitriles is 1. The maximum atomic E-state index is 11.8. The molecular formula is C12H15N5O. The highest BCUT2D eigenvalue weighted by molar-refractivity contribution is 5.81. The van der Waals surface area contributed by atoms with Gasteiger partial charge in [-0.05, 0) is 18.9 Å². The Kier molecular flexibility index (Phi) is 3.63. The Morgan fingerprint density at radius 2 is 2.28 bits per heavy atom. The Hall–Kier alpha value is -2.29. The Bertz CT molecular complexity index is 488. The van der Waals surface area contributed by atoms with Gasteiger partial charge in [0.15, 0.2) is 0 Å². The molecule has 0 atom stereocenters. The number of hydrogen-bond acceptors (Lipinski definition) is 5. The van der Waals surface area contributed by atoms with Crippen molar-refractivity contribution >= 4 is 17.4 Å². The van der Waals surface area contributed by atoms with Gasteiger partial charge in [-0.3, -0.25) is 4.79 Å². The molecule has 94 valence electrons. The standard InChI is InChI=1S/C12H15N5O/c13-6-9-5-10(14)12(15-7-9)16-8-11(18)17-3-1-2-4-17/h5,7H,1-4,8,14H2,(H,15,16). The summed E-state index contributed by atoms with van der Waals surface area (Å²) in [6.45, 7) is 1.84. The van der Waals surface area contributed by atoms with E-state index in [2.05, 4.69) is 10.3 Å². The zero-order valence-electron chi connectivity index (χ0n) is 10.0. The number of carbonyl (C=O) groups excluding carboxylic acids is 1. The minimum Gasteiger partial charge on any atom is -0.396 e. The van der Waals surface area contributed by atoms with Crippen LogP contribution >= 0.6 is 0 Å². The van der Waals surface area contributed by atoms with Crippen LogP contribution in [0.15, 0.2) is 12.3 Å². The lowest BCUT2D eigenvalue weighted by atomic mass is 10.3. The first-order valence-electron chi connectivity index (χ1n) is 5.88. The molecule has 0 aliphatic carbocycles. The summed E-state index contributed by atoms with van der Waals surface area (Å²) in [5, 5.41) is 11.6. The quantitative estimate of drug-likeness (QED) is 0.811. The molecule has 1 amide bonds. The van der Waals surface area contributed by atoms with Crippen LogP contribution in [0.1, 0.15) is 18.4 Å². The van der Waals surface area contributed by atoms with E-state index in [-0.39, 0.29) is 12.5 Å². The van der Waals surface area contributed by atoms with Crippen LogP contribution in [-0.2, 0) is 4.79 Å². The Morgan fingerprint density at radius 1 is 1.56 bits per heavy atom. The molecule has 2 rings (SSSR count). The number of rotatable bonds is 3. The lowest BCUT2D eigenvalue weighted by Crippen LogP contribution is -2.33. The van der Waals surface area contributed by atoms with Crippen LogP contribution in [-0.4, -0.2) is 35.4 Å². The van der Waals surface area contributed by atoms with Gasteiger partial charge in [0.05, 0.1) is 17.8 Å². The van der Waals surface area contributed by atoms with Gasteiger partial charge < -0.3 is 16.0 Å². The van der Waals surface area contributed by atoms with E-state index in [9.17, 15) is 4.79 Å². The minimum absolute atomic E-state index is 0.0538. The summed E-state index contributed by atoms with van der Waals surface area (Å²) in [5.74, 6) is 0.500. The normalized spacial score (nSPS) is 14.3. The molecule has 1 aliphatic rings. The molecule has 0 saturated carbocycles. The van der Waals surface area contributed by atoms with Crippen LogP contribution in [0.2, 0.25) is 0 Å². The number of hydrogen-bond donors (Lipinski definition) is 2. The Morgan fingerprint density at radius 3 is 2.89 bits per heavy atom. The highest BCUT2D eigenvalue weighted by atomic mass is 16.2. The first kappa shape index (κ1) is 12.2. The first-order chi connectivity index (χ1) is 8.70. The number of likely N-dealkylation sites (tertiary alicyclic amines) is 1. The average molecular weight is 245 g/mol. The summed E-state index contributed by atoms with van der Waals surface area (Å²) >= 11 is 0. The minimum atomic E-state index is 0.0538. The van der Waals surface area contributed by atoms with Crippen LogP contribution in [0.5, 0.6) is 0 Å². The highest BCUT2D eigenvalue weighted by Gasteiger charge is 2.17. The SMILES string of the molecule is N#Cc1cnc(NCC(=O)N2CCCC2)c(N)c1. The van der Waals surface area contributed by atoms with E-state index in [1.54, 1.807) is 0 Å². The highest BCUT2D eigenvalue weighted by Crippen LogP contribution is 2.16. The number of nitrogen functional groups attached to an aromatic ring is 1. The van der Waals surface area contributed by atoms with E-state index in [0.29, 0.717) is 17.1 Å². The van der Waals surface area contributed by atoms with Gasteiger partial charge in [-0.1, -0.05) is 0 Å². The fraction of sp³-hybridized carbons (Fsp3) is 0.417. The molecule has 1 aromatic rings. The number of nitrogens with one attached hydrogen (secondary N) is 1. The number of nitrogens with zero attached hydrogens (tertiary/aromatic N) is 3. The molecule has 0 radical (unpaired) electrons. The fourth-order valence-electron chi connectivity index (χ4n) is 1.93. The van der Waals surface area contributed by atoms with E-state index in [0.717, 1.165) is 25.9 Å². The van der Waals surface area contributed by atoms with Gasteiger partial charge in [0.2, 0.25) is 5.91 Å². The second kappa shape index (κ2) is 5.36. The number of aromatic nitrogens is 1. The van der Waals surface area contributed by atoms with Crippen molar-refractivity contribution in [3.8, 4) is 6.07 Å². The summed E-state index contributed by atoms with van der Waals surface area (Å²) in [6.07, 6.45) is 3.57. The Balaban J connectivity index is 1.94. The van der Waals surface area contributed by atoms with Gasteiger partial charge in [-0.15, -0.1) is 0 Å². The van der Waals surface area contributed by atoms with Crippen molar-refractivity contribution in [3.63, 3.8) is 0 Å². The fourth-order valence-corrected chi connectivity index (χ4v) is 1.93. The van der Waals surface area contributed by atoms with Gasteiger partial charge in [0.25, 0.3) is 0 Å². The number of amides is 1. The van der Waals surface area contributed by atoms with Crippen molar-refractivity contribution in [3.05, 3.63) is 17.8 Å². The summed E-state index contributed by atoms with van der Waals surface area (Å²) < 4.78 is 0. The van der Waals surface area contributed by atoms with Crippen LogP contribution < -0.4 is 11.1 Å². The van der Waals surface area contributed by atoms with Gasteiger partial charge in [-0.25, -0.2) is 4.98 Å². The molecule has 0 unspecified atom stereocenters. The third-order valence-electron chi connectivity index (χ3n) is 2.91. The van der Waals surface area contributed by atoms with Crippen molar-refractivity contribution in [2.75, 3.05) is 30.7 Å². The van der Waals surface area contributed by atoms with E-state index in [1.165, 1.54) is 12.3 Å². The van der Waals surface area contributed by atoms with Crippen molar-refractivity contribution in [2.45, 2.75) is 12.8 Å². The third-order valence-corrected chi connectivity index (χ3v) is 2.91. The lowest BCUT2D eigenvalue weighted by molar-refractivity contribution is -0.128. The predicted molar refractivity (Wildman–Crippen MR) is 67.7 cm³/mol. The molecule has 0 spiro atoms. The van der Waals surface area contributed by atoms with E-state index < -0.39 is 0 Å². The molecule has 6 heteroatoms. The Labute approximate surface area is 105 Å². The van der Waals surface area contributed by atoms with Crippen LogP contribution in [0, 0.1) is 11.3 Å². The molecule has 1 aromatic heterocycles. The van der Waals surface area contributed by atoms with Crippen LogP contribution in [0.25, 0.3) is 0 Å². The summed E-state index contributed by atoms with van der Waals surface area (Å²) in [4.78, 5) is 17.6. The van der Waals surface area contributed by atoms with Crippen LogP contribution in [0.3, 0.4) is 0 Å². The molecule has 0 aromatic carbocycles. The smallest absolute Gasteiger partial charge is 0.241 e. The van der Waals surface area contributed by atoms with Gasteiger partial charge in [0, 0.05) is 19.3 Å². The number of carbonyl (C=O) groups is 1. The second-order valence-corrected chi connectivity index (χ2v) is 4.22. The second-order valence-electron chi connectivity index (χ2n) is 4.22. The van der Waals surface area contributed by atoms with Crippen molar-refractivity contribution in [1.82, 2.24) is 9.88 Å². The first-order valence-corrected chi connectivity index (χ1v) is 5.88. The maximum absolute atomic E-state index is 11.8. The zero-order chi connectivity index (χ0) is 13.0.